The molecule has 0 unspecified atom stereocenters. The molecule has 2 aromatic heterocycles. The summed E-state index contributed by atoms with van der Waals surface area (Å²) in [4.78, 5) is 23.8. The Balaban J connectivity index is 1.34. The standard InChI is InChI=1S/C37H36ClF2N7O3S/c1-18(25-4-3-11-45(25)2)50-36-23(17-42)32-28-31(44-36)30(40)27(21-7-8-24(39)34-26(21)22(16-41)35(43)51-34)29(38)33(28)49-15-14-47(32)20-9-12-46(13-10-20)37(48)19-5-6-19/h7-8,18-20,25H,3-6,9-15,43H2,1-2H3/t18-,25-/m0/s1. The molecule has 10 nitrogen and oxygen atoms in total. The number of likely N-dealkylation sites (tertiary alicyclic amines) is 2. The quantitative estimate of drug-likeness (QED) is 0.227. The molecule has 1 saturated carbocycles. The number of nitriles is 2. The van der Waals surface area contributed by atoms with Crippen LogP contribution in [-0.4, -0.2) is 78.7 Å². The van der Waals surface area contributed by atoms with Gasteiger partial charge in [-0.05, 0) is 70.7 Å². The highest BCUT2D eigenvalue weighted by Crippen LogP contribution is 2.53. The zero-order valence-corrected chi connectivity index (χ0v) is 29.8. The summed E-state index contributed by atoms with van der Waals surface area (Å²) in [5.41, 5.74) is 6.68. The third kappa shape index (κ3) is 5.49. The molecule has 4 aliphatic rings. The number of aromatic nitrogens is 1. The SMILES string of the molecule is C[C@H](Oc1nc2c(F)c(-c3ccc(F)c4sc(N)c(C#N)c34)c(Cl)c3c2c(c1C#N)N(C1CCN(C(=O)C2CC2)CC1)CCO3)[C@@H]1CCCN1C. The van der Waals surface area contributed by atoms with Gasteiger partial charge in [0.1, 0.15) is 52.5 Å². The van der Waals surface area contributed by atoms with E-state index in [9.17, 15) is 15.3 Å². The summed E-state index contributed by atoms with van der Waals surface area (Å²) >= 11 is 8.02. The molecule has 3 aliphatic heterocycles. The molecule has 2 aromatic carbocycles. The number of thiophene rings is 1. The lowest BCUT2D eigenvalue weighted by molar-refractivity contribution is -0.133. The van der Waals surface area contributed by atoms with Gasteiger partial charge in [0.05, 0.1) is 32.9 Å². The van der Waals surface area contributed by atoms with Crippen molar-refractivity contribution in [3.63, 3.8) is 0 Å². The molecule has 14 heteroatoms. The molecule has 0 spiro atoms. The maximum absolute atomic E-state index is 17.4. The molecule has 0 radical (unpaired) electrons. The normalized spacial score (nSPS) is 20.3. The Hall–Kier alpha value is -4.43. The van der Waals surface area contributed by atoms with Crippen LogP contribution in [-0.2, 0) is 4.79 Å². The van der Waals surface area contributed by atoms with Gasteiger partial charge in [-0.1, -0.05) is 17.7 Å². The molecule has 1 amide bonds. The molecule has 8 rings (SSSR count). The van der Waals surface area contributed by atoms with Gasteiger partial charge in [0.2, 0.25) is 11.8 Å². The van der Waals surface area contributed by atoms with Crippen molar-refractivity contribution in [2.45, 2.75) is 63.6 Å². The van der Waals surface area contributed by atoms with Crippen LogP contribution in [0.3, 0.4) is 0 Å². The number of halogens is 3. The van der Waals surface area contributed by atoms with E-state index < -0.39 is 11.6 Å². The number of anilines is 2. The first-order valence-corrected chi connectivity index (χ1v) is 18.6. The summed E-state index contributed by atoms with van der Waals surface area (Å²) in [6, 6.07) is 6.94. The Labute approximate surface area is 302 Å². The van der Waals surface area contributed by atoms with E-state index in [4.69, 9.17) is 31.8 Å². The van der Waals surface area contributed by atoms with Crippen LogP contribution in [0.4, 0.5) is 19.5 Å². The van der Waals surface area contributed by atoms with Crippen molar-refractivity contribution < 1.29 is 23.0 Å². The maximum Gasteiger partial charge on any atom is 0.234 e. The average molecular weight is 732 g/mol. The van der Waals surface area contributed by atoms with E-state index in [2.05, 4.69) is 15.9 Å². The summed E-state index contributed by atoms with van der Waals surface area (Å²) in [6.45, 7) is 4.52. The number of pyridine rings is 1. The number of nitrogen functional groups attached to an aromatic ring is 1. The Morgan fingerprint density at radius 3 is 2.51 bits per heavy atom. The molecule has 2 saturated heterocycles. The van der Waals surface area contributed by atoms with Crippen LogP contribution < -0.4 is 20.1 Å². The third-order valence-corrected chi connectivity index (χ3v) is 12.3. The lowest BCUT2D eigenvalue weighted by atomic mass is 9.94. The fraction of sp³-hybridized carbons (Fsp3) is 0.459. The smallest absolute Gasteiger partial charge is 0.234 e. The highest BCUT2D eigenvalue weighted by molar-refractivity contribution is 7.23. The fourth-order valence-electron chi connectivity index (χ4n) is 8.21. The number of piperidine rings is 1. The number of carbonyl (C=O) groups excluding carboxylic acids is 1. The highest BCUT2D eigenvalue weighted by Gasteiger charge is 2.39. The number of hydrogen-bond donors (Lipinski definition) is 1. The Bertz CT molecular complexity index is 2190. The van der Waals surface area contributed by atoms with Gasteiger partial charge in [0.15, 0.2) is 5.82 Å². The number of benzene rings is 2. The van der Waals surface area contributed by atoms with Gasteiger partial charge in [-0.15, -0.1) is 11.3 Å². The van der Waals surface area contributed by atoms with Crippen LogP contribution in [0.25, 0.3) is 32.1 Å². The Morgan fingerprint density at radius 2 is 1.84 bits per heavy atom. The summed E-state index contributed by atoms with van der Waals surface area (Å²) in [5, 5.41) is 21.2. The second-order valence-corrected chi connectivity index (χ2v) is 15.4. The van der Waals surface area contributed by atoms with E-state index in [1.807, 2.05) is 24.9 Å². The van der Waals surface area contributed by atoms with E-state index in [-0.39, 0.29) is 102 Å². The van der Waals surface area contributed by atoms with Gasteiger partial charge in [-0.2, -0.15) is 10.5 Å². The van der Waals surface area contributed by atoms with Crippen LogP contribution in [0.15, 0.2) is 12.1 Å². The number of ether oxygens (including phenoxy) is 2. The van der Waals surface area contributed by atoms with E-state index in [0.717, 1.165) is 43.6 Å². The first-order valence-electron chi connectivity index (χ1n) is 17.4. The number of rotatable bonds is 6. The summed E-state index contributed by atoms with van der Waals surface area (Å²) in [6.07, 6.45) is 4.72. The van der Waals surface area contributed by atoms with Crippen molar-refractivity contribution in [3.05, 3.63) is 39.9 Å². The number of hydrogen-bond acceptors (Lipinski definition) is 10. The second kappa shape index (κ2) is 13.0. The fourth-order valence-corrected chi connectivity index (χ4v) is 9.49. The van der Waals surface area contributed by atoms with Crippen LogP contribution in [0.5, 0.6) is 11.6 Å². The molecule has 0 bridgehead atoms. The summed E-state index contributed by atoms with van der Waals surface area (Å²) in [7, 11) is 2.03. The molecule has 2 atom stereocenters. The first kappa shape index (κ1) is 33.7. The zero-order chi connectivity index (χ0) is 35.7. The number of nitrogens with two attached hydrogens (primary N) is 1. The van der Waals surface area contributed by atoms with Gasteiger partial charge in [0.25, 0.3) is 0 Å². The number of fused-ring (bicyclic) bond motifs is 1. The highest BCUT2D eigenvalue weighted by atomic mass is 35.5. The Kier molecular flexibility index (Phi) is 8.56. The molecule has 5 heterocycles. The number of likely N-dealkylation sites (N-methyl/N-ethyl adjacent to an activating group) is 1. The largest absolute Gasteiger partial charge is 0.489 e. The number of amides is 1. The molecule has 4 aromatic rings. The average Bonchev–Trinajstić information content (AvgIpc) is 3.84. The van der Waals surface area contributed by atoms with Gasteiger partial charge in [-0.3, -0.25) is 9.69 Å². The van der Waals surface area contributed by atoms with Crippen molar-refractivity contribution >= 4 is 60.5 Å². The molecular weight excluding hydrogens is 696 g/mol. The van der Waals surface area contributed by atoms with Crippen molar-refractivity contribution in [1.29, 1.82) is 10.5 Å². The minimum absolute atomic E-state index is 0.000847. The van der Waals surface area contributed by atoms with Crippen LogP contribution in [0.1, 0.15) is 56.6 Å². The molecular formula is C37H36ClF2N7O3S. The van der Waals surface area contributed by atoms with Crippen LogP contribution in [0, 0.1) is 40.2 Å². The predicted molar refractivity (Wildman–Crippen MR) is 192 cm³/mol. The molecule has 51 heavy (non-hydrogen) atoms. The van der Waals surface area contributed by atoms with Crippen molar-refractivity contribution in [2.75, 3.05) is 50.5 Å². The van der Waals surface area contributed by atoms with Gasteiger partial charge < -0.3 is 25.0 Å². The van der Waals surface area contributed by atoms with Gasteiger partial charge >= 0.3 is 0 Å². The van der Waals surface area contributed by atoms with Crippen molar-refractivity contribution in [1.82, 2.24) is 14.8 Å². The van der Waals surface area contributed by atoms with E-state index in [1.165, 1.54) is 12.1 Å². The topological polar surface area (TPSA) is 132 Å². The molecule has 2 N–H and O–H groups in total. The number of nitrogens with zero attached hydrogens (tertiary/aromatic N) is 6. The predicted octanol–water partition coefficient (Wildman–Crippen LogP) is 6.83. The Morgan fingerprint density at radius 1 is 1.10 bits per heavy atom. The van der Waals surface area contributed by atoms with Gasteiger partial charge in [0, 0.05) is 42.0 Å². The minimum atomic E-state index is -0.822. The van der Waals surface area contributed by atoms with Crippen molar-refractivity contribution in [2.24, 2.45) is 5.92 Å². The zero-order valence-electron chi connectivity index (χ0n) is 28.3. The molecule has 264 valence electrons. The third-order valence-electron chi connectivity index (χ3n) is 10.9. The van der Waals surface area contributed by atoms with E-state index >= 15 is 8.78 Å². The number of carbonyl (C=O) groups is 1. The summed E-state index contributed by atoms with van der Waals surface area (Å²) in [5.74, 6) is -0.952. The molecule has 3 fully saturated rings. The second-order valence-electron chi connectivity index (χ2n) is 13.9. The minimum Gasteiger partial charge on any atom is -0.489 e. The molecule has 1 aliphatic carbocycles. The summed E-state index contributed by atoms with van der Waals surface area (Å²) < 4.78 is 45.5. The van der Waals surface area contributed by atoms with Gasteiger partial charge in [-0.25, -0.2) is 13.8 Å². The van der Waals surface area contributed by atoms with Crippen molar-refractivity contribution in [3.8, 4) is 34.9 Å². The van der Waals surface area contributed by atoms with Crippen LogP contribution in [0.2, 0.25) is 5.02 Å². The first-order chi connectivity index (χ1) is 24.6. The van der Waals surface area contributed by atoms with E-state index in [0.29, 0.717) is 38.2 Å². The lowest BCUT2D eigenvalue weighted by Crippen LogP contribution is -2.48. The maximum atomic E-state index is 17.4. The lowest BCUT2D eigenvalue weighted by Gasteiger charge is -2.40. The monoisotopic (exact) mass is 731 g/mol. The van der Waals surface area contributed by atoms with Crippen LogP contribution >= 0.6 is 22.9 Å². The van der Waals surface area contributed by atoms with E-state index in [1.54, 1.807) is 0 Å².